The Morgan fingerprint density at radius 3 is 2.37 bits per heavy atom. The Morgan fingerprint density at radius 2 is 1.72 bits per heavy atom. The van der Waals surface area contributed by atoms with E-state index in [2.05, 4.69) is 15.0 Å². The van der Waals surface area contributed by atoms with Crippen molar-refractivity contribution < 1.29 is 17.9 Å². The fraction of sp³-hybridized carbons (Fsp3) is 0.433. The van der Waals surface area contributed by atoms with E-state index in [1.165, 1.54) is 17.0 Å². The summed E-state index contributed by atoms with van der Waals surface area (Å²) in [5.74, 6) is -0.172. The first-order chi connectivity index (χ1) is 20.5. The van der Waals surface area contributed by atoms with Crippen LogP contribution in [0.5, 0.6) is 0 Å². The van der Waals surface area contributed by atoms with Crippen LogP contribution in [0.1, 0.15) is 24.0 Å². The number of benzene rings is 2. The Kier molecular flexibility index (Phi) is 7.84. The van der Waals surface area contributed by atoms with E-state index in [4.69, 9.17) is 5.73 Å². The second-order valence-electron chi connectivity index (χ2n) is 11.7. The minimum Gasteiger partial charge on any atom is -0.388 e. The van der Waals surface area contributed by atoms with Crippen LogP contribution in [0, 0.1) is 5.82 Å². The van der Waals surface area contributed by atoms with Crippen LogP contribution in [0.4, 0.5) is 10.1 Å². The van der Waals surface area contributed by atoms with Crippen molar-refractivity contribution in [1.29, 1.82) is 0 Å². The molecule has 0 saturated carbocycles. The Bertz CT molecular complexity index is 1800. The SMILES string of the molecule is Cn1nc2c(=O)n(CC3(O)CCN(Cc4ccc(N5CCS(=O)(=O)CC5)cc4F)CC3)cnc2c1-c1ccc(CN)cc1. The van der Waals surface area contributed by atoms with E-state index >= 15 is 4.39 Å². The minimum atomic E-state index is -3.01. The summed E-state index contributed by atoms with van der Waals surface area (Å²) in [7, 11) is -1.23. The van der Waals surface area contributed by atoms with Crippen molar-refractivity contribution in [3.63, 3.8) is 0 Å². The number of aliphatic hydroxyl groups is 1. The van der Waals surface area contributed by atoms with Gasteiger partial charge in [-0.1, -0.05) is 30.3 Å². The van der Waals surface area contributed by atoms with Crippen LogP contribution in [0.2, 0.25) is 0 Å². The Hall–Kier alpha value is -3.65. The molecule has 0 unspecified atom stereocenters. The number of hydrogen-bond acceptors (Lipinski definition) is 9. The van der Waals surface area contributed by atoms with Crippen molar-refractivity contribution in [1.82, 2.24) is 24.2 Å². The molecule has 0 spiro atoms. The molecule has 0 bridgehead atoms. The first kappa shape index (κ1) is 29.4. The number of aromatic nitrogens is 4. The van der Waals surface area contributed by atoms with Crippen molar-refractivity contribution in [2.75, 3.05) is 42.6 Å². The molecule has 2 aliphatic rings. The molecule has 2 aromatic carbocycles. The summed E-state index contributed by atoms with van der Waals surface area (Å²) in [5.41, 5.74) is 8.90. The molecule has 0 amide bonds. The highest BCUT2D eigenvalue weighted by atomic mass is 32.2. The third-order valence-electron chi connectivity index (χ3n) is 8.67. The number of rotatable bonds is 7. The molecule has 4 aromatic rings. The van der Waals surface area contributed by atoms with Crippen molar-refractivity contribution in [2.45, 2.75) is 38.1 Å². The van der Waals surface area contributed by atoms with Crippen molar-refractivity contribution in [3.8, 4) is 11.3 Å². The van der Waals surface area contributed by atoms with Gasteiger partial charge in [0.25, 0.3) is 5.56 Å². The van der Waals surface area contributed by atoms with E-state index in [0.717, 1.165) is 16.8 Å². The zero-order valence-corrected chi connectivity index (χ0v) is 24.9. The first-order valence-electron chi connectivity index (χ1n) is 14.4. The van der Waals surface area contributed by atoms with Crippen LogP contribution in [-0.4, -0.2) is 81.0 Å². The number of nitrogens with zero attached hydrogens (tertiary/aromatic N) is 6. The fourth-order valence-electron chi connectivity index (χ4n) is 6.01. The summed E-state index contributed by atoms with van der Waals surface area (Å²) in [4.78, 5) is 21.9. The maximum absolute atomic E-state index is 15.0. The largest absolute Gasteiger partial charge is 0.388 e. The average Bonchev–Trinajstić information content (AvgIpc) is 3.33. The predicted molar refractivity (Wildman–Crippen MR) is 163 cm³/mol. The molecule has 2 aromatic heterocycles. The molecule has 13 heteroatoms. The van der Waals surface area contributed by atoms with Gasteiger partial charge in [-0.25, -0.2) is 17.8 Å². The highest BCUT2D eigenvalue weighted by Crippen LogP contribution is 2.28. The number of nitrogens with two attached hydrogens (primary N) is 1. The van der Waals surface area contributed by atoms with E-state index in [1.807, 2.05) is 35.2 Å². The summed E-state index contributed by atoms with van der Waals surface area (Å²) in [6, 6.07) is 12.8. The molecule has 0 atom stereocenters. The first-order valence-corrected chi connectivity index (χ1v) is 16.3. The lowest BCUT2D eigenvalue weighted by atomic mass is 9.91. The standard InChI is InChI=1S/C30H36FN7O4S/c1-35-28(22-4-2-21(17-32)3-5-22)26-27(34-35)29(39)38(20-33-26)19-30(40)8-10-36(11-9-30)18-23-6-7-24(16-25(23)31)37-12-14-43(41,42)15-13-37/h2-7,16,20,40H,8-15,17-19,32H2,1H3. The molecule has 43 heavy (non-hydrogen) atoms. The highest BCUT2D eigenvalue weighted by molar-refractivity contribution is 7.91. The number of sulfone groups is 1. The number of hydrogen-bond donors (Lipinski definition) is 2. The monoisotopic (exact) mass is 609 g/mol. The van der Waals surface area contributed by atoms with Gasteiger partial charge in [0, 0.05) is 63.1 Å². The molecule has 2 fully saturated rings. The van der Waals surface area contributed by atoms with Crippen LogP contribution in [0.15, 0.2) is 53.6 Å². The number of piperidine rings is 1. The molecule has 2 aliphatic heterocycles. The molecular formula is C30H36FN7O4S. The molecule has 4 heterocycles. The van der Waals surface area contributed by atoms with Gasteiger partial charge in [-0.2, -0.15) is 5.10 Å². The number of likely N-dealkylation sites (tertiary alicyclic amines) is 1. The molecule has 3 N–H and O–H groups in total. The summed E-state index contributed by atoms with van der Waals surface area (Å²) in [6.07, 6.45) is 2.31. The lowest BCUT2D eigenvalue weighted by molar-refractivity contribution is -0.0366. The molecule has 11 nitrogen and oxygen atoms in total. The third-order valence-corrected chi connectivity index (χ3v) is 10.3. The van der Waals surface area contributed by atoms with Crippen LogP contribution in [0.3, 0.4) is 0 Å². The lowest BCUT2D eigenvalue weighted by Gasteiger charge is -2.38. The fourth-order valence-corrected chi connectivity index (χ4v) is 7.21. The number of anilines is 1. The van der Waals surface area contributed by atoms with Gasteiger partial charge in [-0.15, -0.1) is 0 Å². The highest BCUT2D eigenvalue weighted by Gasteiger charge is 2.34. The zero-order chi connectivity index (χ0) is 30.4. The van der Waals surface area contributed by atoms with E-state index < -0.39 is 15.4 Å². The summed E-state index contributed by atoms with van der Waals surface area (Å²) >= 11 is 0. The molecule has 2 saturated heterocycles. The number of aryl methyl sites for hydroxylation is 1. The van der Waals surface area contributed by atoms with Crippen LogP contribution >= 0.6 is 0 Å². The maximum Gasteiger partial charge on any atom is 0.281 e. The van der Waals surface area contributed by atoms with Gasteiger partial charge in [0.2, 0.25) is 0 Å². The average molecular weight is 610 g/mol. The summed E-state index contributed by atoms with van der Waals surface area (Å²) < 4.78 is 41.5. The second kappa shape index (κ2) is 11.5. The van der Waals surface area contributed by atoms with E-state index in [1.54, 1.807) is 17.8 Å². The molecule has 6 rings (SSSR count). The van der Waals surface area contributed by atoms with Crippen molar-refractivity contribution in [3.05, 3.63) is 76.1 Å². The van der Waals surface area contributed by atoms with Gasteiger partial charge in [0.1, 0.15) is 11.3 Å². The van der Waals surface area contributed by atoms with Gasteiger partial charge in [0.15, 0.2) is 15.4 Å². The number of halogens is 1. The summed E-state index contributed by atoms with van der Waals surface area (Å²) in [5, 5.41) is 15.9. The lowest BCUT2D eigenvalue weighted by Crippen LogP contribution is -2.47. The Morgan fingerprint density at radius 1 is 1.02 bits per heavy atom. The molecule has 0 radical (unpaired) electrons. The predicted octanol–water partition coefficient (Wildman–Crippen LogP) is 1.66. The van der Waals surface area contributed by atoms with E-state index in [9.17, 15) is 18.3 Å². The van der Waals surface area contributed by atoms with Gasteiger partial charge in [0.05, 0.1) is 35.7 Å². The van der Waals surface area contributed by atoms with Crippen LogP contribution in [-0.2, 0) is 36.5 Å². The van der Waals surface area contributed by atoms with Crippen molar-refractivity contribution in [2.24, 2.45) is 12.8 Å². The van der Waals surface area contributed by atoms with E-state index in [0.29, 0.717) is 68.9 Å². The summed E-state index contributed by atoms with van der Waals surface area (Å²) in [6.45, 7) is 2.73. The minimum absolute atomic E-state index is 0.0794. The second-order valence-corrected chi connectivity index (χ2v) is 14.0. The van der Waals surface area contributed by atoms with Gasteiger partial charge < -0.3 is 15.7 Å². The van der Waals surface area contributed by atoms with Gasteiger partial charge in [-0.05, 0) is 30.5 Å². The van der Waals surface area contributed by atoms with Crippen molar-refractivity contribution >= 4 is 26.6 Å². The molecule has 228 valence electrons. The quantitative estimate of drug-likeness (QED) is 0.320. The Balaban J connectivity index is 1.11. The smallest absolute Gasteiger partial charge is 0.281 e. The van der Waals surface area contributed by atoms with Crippen LogP contribution in [0.25, 0.3) is 22.3 Å². The normalized spacial score (nSPS) is 18.7. The van der Waals surface area contributed by atoms with Gasteiger partial charge >= 0.3 is 0 Å². The van der Waals surface area contributed by atoms with Crippen LogP contribution < -0.4 is 16.2 Å². The maximum atomic E-state index is 15.0. The molecule has 0 aliphatic carbocycles. The molecular weight excluding hydrogens is 573 g/mol. The topological polar surface area (TPSA) is 140 Å². The zero-order valence-electron chi connectivity index (χ0n) is 24.1. The third kappa shape index (κ3) is 6.07. The number of fused-ring (bicyclic) bond motifs is 1. The Labute approximate surface area is 249 Å². The van der Waals surface area contributed by atoms with E-state index in [-0.39, 0.29) is 34.9 Å². The van der Waals surface area contributed by atoms with Gasteiger partial charge in [-0.3, -0.25) is 18.9 Å².